The number of hydrogen-bond donors (Lipinski definition) is 0. The van der Waals surface area contributed by atoms with E-state index in [2.05, 4.69) is 18.2 Å². The summed E-state index contributed by atoms with van der Waals surface area (Å²) in [5, 5.41) is -0.643. The topological polar surface area (TPSA) is 78.0 Å². The van der Waals surface area contributed by atoms with Crippen LogP contribution in [-0.4, -0.2) is 53.5 Å². The maximum atomic E-state index is 14.5. The number of nitrogens with zero attached hydrogens (tertiary/aromatic N) is 3. The van der Waals surface area contributed by atoms with Crippen molar-refractivity contribution in [3.05, 3.63) is 102 Å². The standard InChI is InChI=1S/C29H23N3O4S2.13CH4/c1-30-25-24(33)31-26-28(17-29(31,37-25)27(30)34,21-16-15-18-9-5-6-12-20(18)21)22-13-7-8-14-23(22)32(26)38(35,36)19-10-3-2-4-11-19;;;;;;;;;;;;;/h2-14,16,25-26H,15,17H2,1H3;13*1H4/t25-,26-,28-,29-;;;;;;;;;;;;;/m0............./s1. The fourth-order valence-corrected chi connectivity index (χ4v) is 10.7. The zero-order valence-corrected chi connectivity index (χ0v) is 22.1. The van der Waals surface area contributed by atoms with Gasteiger partial charge >= 0.3 is 0 Å². The summed E-state index contributed by atoms with van der Waals surface area (Å²) in [6.45, 7) is 0. The zero-order chi connectivity index (χ0) is 26.0. The fraction of sp³-hybridized carbons (Fsp3) is 0.476. The van der Waals surface area contributed by atoms with E-state index in [4.69, 9.17) is 0 Å². The van der Waals surface area contributed by atoms with Crippen LogP contribution >= 0.6 is 11.8 Å². The maximum Gasteiger partial charge on any atom is 0.266 e. The molecule has 0 N–H and O–H groups in total. The average molecular weight is 750 g/mol. The van der Waals surface area contributed by atoms with Gasteiger partial charge in [0.05, 0.1) is 16.0 Å². The number of likely N-dealkylation sites (N-methyl/N-ethyl adjacent to an activating group) is 1. The minimum absolute atomic E-state index is 0. The summed E-state index contributed by atoms with van der Waals surface area (Å²) in [4.78, 5) is 29.9. The normalized spacial score (nSPS) is 22.7. The summed E-state index contributed by atoms with van der Waals surface area (Å²) in [6.07, 6.45) is 2.31. The summed E-state index contributed by atoms with van der Waals surface area (Å²) in [7, 11) is -2.42. The molecule has 1 spiro atoms. The molecule has 8 rings (SSSR count). The van der Waals surface area contributed by atoms with Gasteiger partial charge in [-0.05, 0) is 46.9 Å². The number of hydrogen-bond acceptors (Lipinski definition) is 5. The maximum absolute atomic E-state index is 14.5. The van der Waals surface area contributed by atoms with E-state index >= 15 is 0 Å². The number of carbonyl (C=O) groups excluding carboxylic acids is 2. The number of anilines is 1. The molecule has 3 fully saturated rings. The van der Waals surface area contributed by atoms with Gasteiger partial charge in [0.1, 0.15) is 6.17 Å². The number of sulfonamides is 1. The summed E-state index contributed by atoms with van der Waals surface area (Å²) >= 11 is 1.36. The highest BCUT2D eigenvalue weighted by molar-refractivity contribution is 8.03. The van der Waals surface area contributed by atoms with Gasteiger partial charge in [-0.3, -0.25) is 14.5 Å². The summed E-state index contributed by atoms with van der Waals surface area (Å²) < 4.78 is 30.3. The van der Waals surface area contributed by atoms with Crippen LogP contribution in [0, 0.1) is 0 Å². The number of allylic oxidation sites excluding steroid dienone is 1. The number of thioether (sulfide) groups is 1. The molecule has 2 bridgehead atoms. The van der Waals surface area contributed by atoms with Crippen LogP contribution in [0.2, 0.25) is 0 Å². The zero-order valence-electron chi connectivity index (χ0n) is 20.4. The van der Waals surface area contributed by atoms with Crippen LogP contribution in [0.3, 0.4) is 0 Å². The van der Waals surface area contributed by atoms with E-state index in [1.807, 2.05) is 36.4 Å². The molecule has 9 heteroatoms. The minimum atomic E-state index is -4.09. The minimum Gasteiger partial charge on any atom is -0.322 e. The Balaban J connectivity index is -0.000000389. The number of piperazine rings is 1. The largest absolute Gasteiger partial charge is 0.322 e. The quantitative estimate of drug-likeness (QED) is 0.266. The van der Waals surface area contributed by atoms with E-state index < -0.39 is 31.8 Å². The lowest BCUT2D eigenvalue weighted by Crippen LogP contribution is -2.62. The molecule has 0 saturated carbocycles. The van der Waals surface area contributed by atoms with Crippen molar-refractivity contribution in [3.63, 3.8) is 0 Å². The Morgan fingerprint density at radius 3 is 1.84 bits per heavy atom. The summed E-state index contributed by atoms with van der Waals surface area (Å²) in [6, 6.07) is 24.0. The van der Waals surface area contributed by atoms with E-state index in [0.29, 0.717) is 12.1 Å². The molecule has 4 aliphatic heterocycles. The molecule has 4 heterocycles. The molecule has 2 amide bonds. The summed E-state index contributed by atoms with van der Waals surface area (Å²) in [5.74, 6) is -0.348. The molecule has 1 aliphatic carbocycles. The Morgan fingerprint density at radius 2 is 1.24 bits per heavy atom. The lowest BCUT2D eigenvalue weighted by Gasteiger charge is -2.41. The van der Waals surface area contributed by atoms with E-state index in [9.17, 15) is 18.0 Å². The van der Waals surface area contributed by atoms with Gasteiger partial charge in [0.2, 0.25) is 0 Å². The first kappa shape index (κ1) is 59.6. The predicted octanol–water partition coefficient (Wildman–Crippen LogP) is 11.8. The van der Waals surface area contributed by atoms with Crippen molar-refractivity contribution in [2.45, 2.75) is 136 Å². The van der Waals surface area contributed by atoms with Crippen molar-refractivity contribution in [2.24, 2.45) is 0 Å². The lowest BCUT2D eigenvalue weighted by molar-refractivity contribution is -0.154. The molecule has 0 aromatic heterocycles. The van der Waals surface area contributed by atoms with Crippen LogP contribution in [0.25, 0.3) is 5.57 Å². The van der Waals surface area contributed by atoms with E-state index in [1.54, 1.807) is 42.3 Å². The van der Waals surface area contributed by atoms with Gasteiger partial charge in [-0.1, -0.05) is 175 Å². The molecule has 0 radical (unpaired) electrons. The van der Waals surface area contributed by atoms with Crippen LogP contribution in [0.5, 0.6) is 0 Å². The third-order valence-electron chi connectivity index (χ3n) is 8.81. The second-order valence-electron chi connectivity index (χ2n) is 10.5. The first-order valence-corrected chi connectivity index (χ1v) is 14.9. The van der Waals surface area contributed by atoms with Crippen molar-refractivity contribution < 1.29 is 18.0 Å². The number of carbonyl (C=O) groups is 2. The van der Waals surface area contributed by atoms with Crippen molar-refractivity contribution in [1.82, 2.24) is 9.80 Å². The first-order valence-electron chi connectivity index (χ1n) is 12.6. The Labute approximate surface area is 320 Å². The lowest BCUT2D eigenvalue weighted by atomic mass is 9.70. The second-order valence-corrected chi connectivity index (χ2v) is 13.7. The third-order valence-corrected chi connectivity index (χ3v) is 12.2. The highest BCUT2D eigenvalue weighted by Gasteiger charge is 2.80. The van der Waals surface area contributed by atoms with Gasteiger partial charge in [-0.25, -0.2) is 12.7 Å². The second kappa shape index (κ2) is 19.3. The number of amides is 2. The molecule has 5 aliphatic rings. The summed E-state index contributed by atoms with van der Waals surface area (Å²) in [5.41, 5.74) is 3.70. The van der Waals surface area contributed by atoms with Crippen LogP contribution in [0.4, 0.5) is 5.69 Å². The predicted molar refractivity (Wildman–Crippen MR) is 232 cm³/mol. The molecule has 4 atom stereocenters. The van der Waals surface area contributed by atoms with Gasteiger partial charge in [-0.2, -0.15) is 0 Å². The van der Waals surface area contributed by atoms with E-state index in [1.165, 1.54) is 21.0 Å². The molecule has 7 nitrogen and oxygen atoms in total. The van der Waals surface area contributed by atoms with Crippen molar-refractivity contribution in [1.29, 1.82) is 0 Å². The Hall–Kier alpha value is -3.56. The highest BCUT2D eigenvalue weighted by Crippen LogP contribution is 2.70. The SMILES string of the molecule is C.C.C.C.C.C.C.C.C.C.C.C.C.CN1C(=O)[C@@]23C[C@]4(C5=CCc6ccccc65)c5ccccc5N(S(=O)(=O)c5ccccc5)[C@@H]4N2C(=O)[C@@H]1S3. The molecule has 3 saturated heterocycles. The van der Waals surface area contributed by atoms with E-state index in [-0.39, 0.29) is 113 Å². The average Bonchev–Trinajstić information content (AvgIpc) is 3.68. The van der Waals surface area contributed by atoms with Crippen LogP contribution in [0.1, 0.15) is 120 Å². The van der Waals surface area contributed by atoms with Crippen LogP contribution in [-0.2, 0) is 31.4 Å². The Morgan fingerprint density at radius 1 is 0.706 bits per heavy atom. The number of benzene rings is 3. The van der Waals surface area contributed by atoms with Gasteiger partial charge in [0, 0.05) is 13.5 Å². The fourth-order valence-electron chi connectivity index (χ4n) is 7.35. The van der Waals surface area contributed by atoms with Crippen molar-refractivity contribution in [3.8, 4) is 0 Å². The molecular weight excluding hydrogens is 675 g/mol. The van der Waals surface area contributed by atoms with Gasteiger partial charge < -0.3 is 4.90 Å². The molecule has 3 aromatic carbocycles. The van der Waals surface area contributed by atoms with Gasteiger partial charge in [0.25, 0.3) is 21.8 Å². The number of rotatable bonds is 3. The van der Waals surface area contributed by atoms with Crippen molar-refractivity contribution in [2.75, 3.05) is 11.4 Å². The van der Waals surface area contributed by atoms with Crippen LogP contribution < -0.4 is 4.31 Å². The third kappa shape index (κ3) is 6.76. The van der Waals surface area contributed by atoms with Gasteiger partial charge in [-0.15, -0.1) is 0 Å². The monoisotopic (exact) mass is 750 g/mol. The smallest absolute Gasteiger partial charge is 0.266 e. The van der Waals surface area contributed by atoms with Gasteiger partial charge in [0.15, 0.2) is 10.2 Å². The molecule has 3 aromatic rings. The molecule has 0 unspecified atom stereocenters. The van der Waals surface area contributed by atoms with Crippen molar-refractivity contribution >= 4 is 44.9 Å². The molecule has 294 valence electrons. The number of fused-ring (bicyclic) bond motifs is 6. The Kier molecular flexibility index (Phi) is 22.6. The van der Waals surface area contributed by atoms with E-state index in [0.717, 1.165) is 28.7 Å². The number of para-hydroxylation sites is 1. The molecular formula is C42H75N3O4S2. The highest BCUT2D eigenvalue weighted by atomic mass is 32.2. The Bertz CT molecular complexity index is 1730. The van der Waals surface area contributed by atoms with Crippen LogP contribution in [0.15, 0.2) is 89.8 Å². The first-order chi connectivity index (χ1) is 18.3. The molecule has 51 heavy (non-hydrogen) atoms.